The summed E-state index contributed by atoms with van der Waals surface area (Å²) < 4.78 is 6.29. The average molecular weight is 372 g/mol. The molecule has 1 spiro atoms. The number of rotatable bonds is 5. The van der Waals surface area contributed by atoms with E-state index in [-0.39, 0.29) is 17.6 Å². The Bertz CT molecular complexity index is 669. The predicted octanol–water partition coefficient (Wildman–Crippen LogP) is 0.911. The highest BCUT2D eigenvalue weighted by atomic mass is 16.7. The molecular weight excluding hydrogens is 344 g/mol. The maximum Gasteiger partial charge on any atom is 0.265 e. The number of carbonyl (C=O) groups excluding carboxylic acids is 1. The highest BCUT2D eigenvalue weighted by molar-refractivity contribution is 5.81. The molecule has 146 valence electrons. The topological polar surface area (TPSA) is 58.1 Å². The highest BCUT2D eigenvalue weighted by Gasteiger charge is 2.51. The van der Waals surface area contributed by atoms with Crippen molar-refractivity contribution in [2.75, 3.05) is 45.9 Å². The first-order chi connectivity index (χ1) is 13.2. The monoisotopic (exact) mass is 372 g/mol. The van der Waals surface area contributed by atoms with Crippen LogP contribution in [0.25, 0.3) is 0 Å². The minimum absolute atomic E-state index is 0.0765. The van der Waals surface area contributed by atoms with Crippen molar-refractivity contribution in [3.63, 3.8) is 0 Å². The van der Waals surface area contributed by atoms with Crippen LogP contribution in [0.1, 0.15) is 25.0 Å². The molecule has 7 heteroatoms. The fourth-order valence-corrected chi connectivity index (χ4v) is 4.52. The summed E-state index contributed by atoms with van der Waals surface area (Å²) in [7, 11) is 0. The van der Waals surface area contributed by atoms with Crippen LogP contribution in [0.4, 0.5) is 0 Å². The van der Waals surface area contributed by atoms with Crippen molar-refractivity contribution in [3.05, 3.63) is 30.1 Å². The van der Waals surface area contributed by atoms with Gasteiger partial charge in [-0.2, -0.15) is 0 Å². The zero-order chi connectivity index (χ0) is 18.3. The Morgan fingerprint density at radius 2 is 2.15 bits per heavy atom. The van der Waals surface area contributed by atoms with Crippen molar-refractivity contribution in [3.8, 4) is 0 Å². The quantitative estimate of drug-likeness (QED) is 0.766. The van der Waals surface area contributed by atoms with Gasteiger partial charge in [-0.1, -0.05) is 6.07 Å². The van der Waals surface area contributed by atoms with Crippen LogP contribution in [-0.2, 0) is 20.9 Å². The van der Waals surface area contributed by atoms with Crippen molar-refractivity contribution < 1.29 is 14.4 Å². The number of carbonyl (C=O) groups is 1. The fourth-order valence-electron chi connectivity index (χ4n) is 4.52. The summed E-state index contributed by atoms with van der Waals surface area (Å²) in [4.78, 5) is 27.6. The van der Waals surface area contributed by atoms with E-state index in [4.69, 9.17) is 9.57 Å². The first-order valence-corrected chi connectivity index (χ1v) is 10.2. The van der Waals surface area contributed by atoms with E-state index < -0.39 is 0 Å². The second-order valence-electron chi connectivity index (χ2n) is 8.48. The van der Waals surface area contributed by atoms with Crippen LogP contribution in [-0.4, -0.2) is 83.3 Å². The third-order valence-corrected chi connectivity index (χ3v) is 6.09. The molecule has 1 aromatic heterocycles. The number of nitrogens with zero attached hydrogens (tertiary/aromatic N) is 4. The van der Waals surface area contributed by atoms with E-state index >= 15 is 0 Å². The van der Waals surface area contributed by atoms with E-state index in [2.05, 4.69) is 20.9 Å². The van der Waals surface area contributed by atoms with Crippen molar-refractivity contribution in [1.82, 2.24) is 19.8 Å². The lowest BCUT2D eigenvalue weighted by Crippen LogP contribution is -2.72. The number of morpholine rings is 1. The molecule has 0 bridgehead atoms. The van der Waals surface area contributed by atoms with Gasteiger partial charge in [0.25, 0.3) is 5.91 Å². The molecule has 4 aliphatic rings. The lowest BCUT2D eigenvalue weighted by molar-refractivity contribution is -0.216. The molecule has 7 nitrogen and oxygen atoms in total. The standard InChI is InChI=1S/C20H28N4O3/c25-19(24-8-3-9-27-24)18-12-26-20(15-23(18)10-16-5-6-16)13-22(14-20)11-17-4-1-2-7-21-17/h1-2,4,7,16,18H,3,5-6,8-15H2/t18-/m1/s1. The summed E-state index contributed by atoms with van der Waals surface area (Å²) in [6, 6.07) is 5.85. The molecule has 1 aliphatic carbocycles. The molecule has 1 saturated carbocycles. The van der Waals surface area contributed by atoms with Gasteiger partial charge in [-0.3, -0.25) is 24.4 Å². The summed E-state index contributed by atoms with van der Waals surface area (Å²) in [6.45, 7) is 6.35. The molecule has 0 unspecified atom stereocenters. The molecule has 1 atom stereocenters. The number of aromatic nitrogens is 1. The van der Waals surface area contributed by atoms with Crippen LogP contribution >= 0.6 is 0 Å². The van der Waals surface area contributed by atoms with Gasteiger partial charge in [0, 0.05) is 38.9 Å². The number of ether oxygens (including phenoxy) is 1. The van der Waals surface area contributed by atoms with Crippen LogP contribution in [0.2, 0.25) is 0 Å². The van der Waals surface area contributed by atoms with Gasteiger partial charge < -0.3 is 4.74 Å². The molecule has 3 aliphatic heterocycles. The second-order valence-corrected chi connectivity index (χ2v) is 8.48. The molecule has 0 aromatic carbocycles. The van der Waals surface area contributed by atoms with Crippen molar-refractivity contribution >= 4 is 5.91 Å². The molecular formula is C20H28N4O3. The van der Waals surface area contributed by atoms with Gasteiger partial charge >= 0.3 is 0 Å². The molecule has 4 fully saturated rings. The molecule has 27 heavy (non-hydrogen) atoms. The fraction of sp³-hybridized carbons (Fsp3) is 0.700. The third kappa shape index (κ3) is 3.74. The lowest BCUT2D eigenvalue weighted by Gasteiger charge is -2.55. The SMILES string of the molecule is O=C([C@H]1COC2(CN(Cc3ccccn3)C2)CN1CC1CC1)N1CCCO1. The Morgan fingerprint density at radius 1 is 1.26 bits per heavy atom. The van der Waals surface area contributed by atoms with Crippen molar-refractivity contribution in [2.24, 2.45) is 5.92 Å². The van der Waals surface area contributed by atoms with E-state index in [0.717, 1.165) is 50.8 Å². The zero-order valence-electron chi connectivity index (χ0n) is 15.8. The van der Waals surface area contributed by atoms with Gasteiger partial charge in [-0.15, -0.1) is 0 Å². The second kappa shape index (κ2) is 7.13. The first kappa shape index (κ1) is 17.6. The van der Waals surface area contributed by atoms with Crippen LogP contribution in [0.15, 0.2) is 24.4 Å². The van der Waals surface area contributed by atoms with E-state index in [9.17, 15) is 4.79 Å². The summed E-state index contributed by atoms with van der Waals surface area (Å²) in [5.41, 5.74) is 0.962. The van der Waals surface area contributed by atoms with E-state index in [1.165, 1.54) is 12.8 Å². The Kier molecular flexibility index (Phi) is 4.63. The molecule has 5 rings (SSSR count). The smallest absolute Gasteiger partial charge is 0.265 e. The molecule has 0 N–H and O–H groups in total. The number of hydroxylamine groups is 2. The number of likely N-dealkylation sites (tertiary alicyclic amines) is 1. The van der Waals surface area contributed by atoms with Gasteiger partial charge in [-0.05, 0) is 37.3 Å². The minimum Gasteiger partial charge on any atom is -0.369 e. The summed E-state index contributed by atoms with van der Waals surface area (Å²) in [6.07, 6.45) is 5.35. The van der Waals surface area contributed by atoms with Crippen molar-refractivity contribution in [2.45, 2.75) is 37.5 Å². The summed E-state index contributed by atoms with van der Waals surface area (Å²) >= 11 is 0. The Hall–Kier alpha value is -1.54. The van der Waals surface area contributed by atoms with Gasteiger partial charge in [0.1, 0.15) is 11.6 Å². The maximum atomic E-state index is 12.9. The number of hydrogen-bond donors (Lipinski definition) is 0. The molecule has 3 saturated heterocycles. The molecule has 1 aromatic rings. The largest absolute Gasteiger partial charge is 0.369 e. The van der Waals surface area contributed by atoms with Gasteiger partial charge in [0.15, 0.2) is 0 Å². The predicted molar refractivity (Wildman–Crippen MR) is 98.6 cm³/mol. The highest BCUT2D eigenvalue weighted by Crippen LogP contribution is 2.36. The normalized spacial score (nSPS) is 28.4. The Labute approximate surface area is 160 Å². The number of pyridine rings is 1. The summed E-state index contributed by atoms with van der Waals surface area (Å²) in [5, 5.41) is 1.56. The maximum absolute atomic E-state index is 12.9. The molecule has 0 radical (unpaired) electrons. The average Bonchev–Trinajstić information content (AvgIpc) is 3.30. The van der Waals surface area contributed by atoms with Gasteiger partial charge in [-0.25, -0.2) is 5.06 Å². The van der Waals surface area contributed by atoms with Crippen molar-refractivity contribution in [1.29, 1.82) is 0 Å². The number of hydrogen-bond acceptors (Lipinski definition) is 6. The van der Waals surface area contributed by atoms with Crippen LogP contribution in [0, 0.1) is 5.92 Å². The first-order valence-electron chi connectivity index (χ1n) is 10.2. The number of amides is 1. The van der Waals surface area contributed by atoms with Crippen LogP contribution in [0.3, 0.4) is 0 Å². The lowest BCUT2D eigenvalue weighted by atomic mass is 9.90. The van der Waals surface area contributed by atoms with Crippen LogP contribution in [0.5, 0.6) is 0 Å². The van der Waals surface area contributed by atoms with Crippen LogP contribution < -0.4 is 0 Å². The van der Waals surface area contributed by atoms with E-state index in [0.29, 0.717) is 19.8 Å². The van der Waals surface area contributed by atoms with E-state index in [1.807, 2.05) is 18.3 Å². The Balaban J connectivity index is 1.21. The minimum atomic E-state index is -0.195. The van der Waals surface area contributed by atoms with E-state index in [1.54, 1.807) is 5.06 Å². The molecule has 4 heterocycles. The summed E-state index contributed by atoms with van der Waals surface area (Å²) in [5.74, 6) is 0.826. The zero-order valence-corrected chi connectivity index (χ0v) is 15.8. The van der Waals surface area contributed by atoms with Gasteiger partial charge in [0.05, 0.1) is 25.5 Å². The Morgan fingerprint density at radius 3 is 2.85 bits per heavy atom. The van der Waals surface area contributed by atoms with Gasteiger partial charge in [0.2, 0.25) is 0 Å². The molecule has 1 amide bonds. The third-order valence-electron chi connectivity index (χ3n) is 6.09.